The van der Waals surface area contributed by atoms with E-state index in [0.717, 1.165) is 56.6 Å². The van der Waals surface area contributed by atoms with Crippen LogP contribution in [-0.4, -0.2) is 14.5 Å². The number of hydrogen-bond donors (Lipinski definition) is 0. The van der Waals surface area contributed by atoms with E-state index < -0.39 is 0 Å². The third kappa shape index (κ3) is 3.30. The molecule has 0 saturated heterocycles. The number of pyridine rings is 1. The molecule has 4 aromatic carbocycles. The number of hydrogen-bond acceptors (Lipinski definition) is 3. The number of aromatic nitrogens is 3. The Labute approximate surface area is 202 Å². The predicted molar refractivity (Wildman–Crippen MR) is 141 cm³/mol. The standard InChI is InChI=1S/C31H21N3O/c1-3-10-21(11-4-1)20-34-28-17-8-7-16-27(28)32-30(34)25-15-9-14-23-24-18-19-26(22-12-5-2-6-13-22)33-31(24)35-29(23)25/h1-19H,20H2. The number of para-hydroxylation sites is 3. The Kier molecular flexibility index (Phi) is 4.49. The largest absolute Gasteiger partial charge is 0.437 e. The Morgan fingerprint density at radius 3 is 2.26 bits per heavy atom. The molecule has 0 aliphatic carbocycles. The van der Waals surface area contributed by atoms with Gasteiger partial charge in [0.1, 0.15) is 11.4 Å². The highest BCUT2D eigenvalue weighted by molar-refractivity contribution is 6.08. The topological polar surface area (TPSA) is 43.9 Å². The van der Waals surface area contributed by atoms with E-state index in [1.807, 2.05) is 30.3 Å². The van der Waals surface area contributed by atoms with E-state index in [2.05, 4.69) is 89.5 Å². The van der Waals surface area contributed by atoms with Gasteiger partial charge in [-0.15, -0.1) is 0 Å². The van der Waals surface area contributed by atoms with Crippen molar-refractivity contribution < 1.29 is 4.42 Å². The van der Waals surface area contributed by atoms with Gasteiger partial charge in [-0.1, -0.05) is 84.9 Å². The fourth-order valence-corrected chi connectivity index (χ4v) is 4.83. The number of benzene rings is 4. The molecule has 3 aromatic heterocycles. The molecule has 166 valence electrons. The van der Waals surface area contributed by atoms with Crippen molar-refractivity contribution in [3.05, 3.63) is 121 Å². The van der Waals surface area contributed by atoms with Gasteiger partial charge in [0.25, 0.3) is 0 Å². The molecule has 4 heteroatoms. The first-order chi connectivity index (χ1) is 17.3. The Morgan fingerprint density at radius 1 is 0.629 bits per heavy atom. The molecule has 0 aliphatic rings. The number of rotatable bonds is 4. The van der Waals surface area contributed by atoms with E-state index in [1.54, 1.807) is 0 Å². The van der Waals surface area contributed by atoms with Gasteiger partial charge in [0.05, 0.1) is 22.3 Å². The van der Waals surface area contributed by atoms with Crippen LogP contribution in [0.4, 0.5) is 0 Å². The van der Waals surface area contributed by atoms with Crippen LogP contribution in [0.15, 0.2) is 120 Å². The molecule has 0 fully saturated rings. The lowest BCUT2D eigenvalue weighted by Gasteiger charge is -2.10. The fraction of sp³-hybridized carbons (Fsp3) is 0.0323. The van der Waals surface area contributed by atoms with Crippen molar-refractivity contribution in [3.63, 3.8) is 0 Å². The zero-order chi connectivity index (χ0) is 23.2. The van der Waals surface area contributed by atoms with Crippen LogP contribution in [0.3, 0.4) is 0 Å². The van der Waals surface area contributed by atoms with Crippen molar-refractivity contribution in [2.24, 2.45) is 0 Å². The number of furan rings is 1. The zero-order valence-corrected chi connectivity index (χ0v) is 18.9. The van der Waals surface area contributed by atoms with Crippen molar-refractivity contribution in [2.45, 2.75) is 6.54 Å². The molecular weight excluding hydrogens is 430 g/mol. The first-order valence-corrected chi connectivity index (χ1v) is 11.7. The summed E-state index contributed by atoms with van der Waals surface area (Å²) in [7, 11) is 0. The van der Waals surface area contributed by atoms with Crippen molar-refractivity contribution in [2.75, 3.05) is 0 Å². The molecule has 35 heavy (non-hydrogen) atoms. The summed E-state index contributed by atoms with van der Waals surface area (Å²) in [5.41, 5.74) is 7.68. The van der Waals surface area contributed by atoms with Crippen LogP contribution < -0.4 is 0 Å². The third-order valence-corrected chi connectivity index (χ3v) is 6.51. The van der Waals surface area contributed by atoms with Gasteiger partial charge in [0.15, 0.2) is 0 Å². The maximum atomic E-state index is 6.44. The van der Waals surface area contributed by atoms with Crippen LogP contribution >= 0.6 is 0 Å². The van der Waals surface area contributed by atoms with Crippen molar-refractivity contribution in [3.8, 4) is 22.6 Å². The summed E-state index contributed by atoms with van der Waals surface area (Å²) in [6.45, 7) is 0.726. The van der Waals surface area contributed by atoms with Gasteiger partial charge < -0.3 is 8.98 Å². The van der Waals surface area contributed by atoms with Crippen LogP contribution in [0.25, 0.3) is 55.7 Å². The van der Waals surface area contributed by atoms with Gasteiger partial charge in [-0.25, -0.2) is 9.97 Å². The van der Waals surface area contributed by atoms with Crippen molar-refractivity contribution >= 4 is 33.1 Å². The predicted octanol–water partition coefficient (Wildman–Crippen LogP) is 7.71. The van der Waals surface area contributed by atoms with E-state index in [-0.39, 0.29) is 0 Å². The van der Waals surface area contributed by atoms with Gasteiger partial charge in [-0.3, -0.25) is 0 Å². The highest BCUT2D eigenvalue weighted by atomic mass is 16.3. The number of fused-ring (bicyclic) bond motifs is 4. The summed E-state index contributed by atoms with van der Waals surface area (Å²) in [5, 5.41) is 2.05. The molecule has 0 amide bonds. The van der Waals surface area contributed by atoms with Crippen LogP contribution in [-0.2, 0) is 6.54 Å². The SMILES string of the molecule is c1ccc(Cn2c(-c3cccc4c3oc3nc(-c5ccccc5)ccc34)nc3ccccc32)cc1. The van der Waals surface area contributed by atoms with Gasteiger partial charge in [-0.05, 0) is 35.9 Å². The molecule has 7 aromatic rings. The zero-order valence-electron chi connectivity index (χ0n) is 18.9. The molecule has 4 nitrogen and oxygen atoms in total. The minimum atomic E-state index is 0.638. The average molecular weight is 452 g/mol. The highest BCUT2D eigenvalue weighted by Gasteiger charge is 2.19. The third-order valence-electron chi connectivity index (χ3n) is 6.51. The molecule has 0 aliphatic heterocycles. The molecular formula is C31H21N3O. The summed E-state index contributed by atoms with van der Waals surface area (Å²) in [4.78, 5) is 9.90. The molecule has 7 rings (SSSR count). The summed E-state index contributed by atoms with van der Waals surface area (Å²) in [5.74, 6) is 0.892. The van der Waals surface area contributed by atoms with Crippen LogP contribution in [0.2, 0.25) is 0 Å². The minimum Gasteiger partial charge on any atom is -0.437 e. The average Bonchev–Trinajstić information content (AvgIpc) is 3.48. The molecule has 0 unspecified atom stereocenters. The summed E-state index contributed by atoms with van der Waals surface area (Å²) >= 11 is 0. The highest BCUT2D eigenvalue weighted by Crippen LogP contribution is 2.37. The van der Waals surface area contributed by atoms with E-state index >= 15 is 0 Å². The molecule has 0 radical (unpaired) electrons. The monoisotopic (exact) mass is 451 g/mol. The van der Waals surface area contributed by atoms with Crippen molar-refractivity contribution in [1.82, 2.24) is 14.5 Å². The molecule has 0 N–H and O–H groups in total. The molecule has 0 saturated carbocycles. The maximum Gasteiger partial charge on any atom is 0.227 e. The lowest BCUT2D eigenvalue weighted by molar-refractivity contribution is 0.654. The second-order valence-electron chi connectivity index (χ2n) is 8.70. The normalized spacial score (nSPS) is 11.5. The van der Waals surface area contributed by atoms with Gasteiger partial charge >= 0.3 is 0 Å². The van der Waals surface area contributed by atoms with E-state index in [4.69, 9.17) is 14.4 Å². The summed E-state index contributed by atoms with van der Waals surface area (Å²) in [6.07, 6.45) is 0. The number of imidazole rings is 1. The van der Waals surface area contributed by atoms with Crippen LogP contribution in [0.5, 0.6) is 0 Å². The second-order valence-corrected chi connectivity index (χ2v) is 8.70. The molecule has 3 heterocycles. The number of nitrogens with zero attached hydrogens (tertiary/aromatic N) is 3. The van der Waals surface area contributed by atoms with Gasteiger partial charge in [0, 0.05) is 22.9 Å². The minimum absolute atomic E-state index is 0.638. The lowest BCUT2D eigenvalue weighted by Crippen LogP contribution is -2.02. The molecule has 0 atom stereocenters. The first-order valence-electron chi connectivity index (χ1n) is 11.7. The van der Waals surface area contributed by atoms with Crippen molar-refractivity contribution in [1.29, 1.82) is 0 Å². The first kappa shape index (κ1) is 19.7. The van der Waals surface area contributed by atoms with E-state index in [0.29, 0.717) is 5.71 Å². The van der Waals surface area contributed by atoms with Gasteiger partial charge in [0.2, 0.25) is 5.71 Å². The Morgan fingerprint density at radius 2 is 1.40 bits per heavy atom. The maximum absolute atomic E-state index is 6.44. The van der Waals surface area contributed by atoms with Crippen LogP contribution in [0.1, 0.15) is 5.56 Å². The Hall–Kier alpha value is -4.70. The van der Waals surface area contributed by atoms with Crippen LogP contribution in [0, 0.1) is 0 Å². The van der Waals surface area contributed by atoms with E-state index in [1.165, 1.54) is 5.56 Å². The smallest absolute Gasteiger partial charge is 0.227 e. The fourth-order valence-electron chi connectivity index (χ4n) is 4.83. The Balaban J connectivity index is 1.45. The quantitative estimate of drug-likeness (QED) is 0.275. The summed E-state index contributed by atoms with van der Waals surface area (Å²) < 4.78 is 8.71. The molecule has 0 bridgehead atoms. The second kappa shape index (κ2) is 7.96. The lowest BCUT2D eigenvalue weighted by atomic mass is 10.1. The van der Waals surface area contributed by atoms with Gasteiger partial charge in [-0.2, -0.15) is 0 Å². The Bertz CT molecular complexity index is 1810. The summed E-state index contributed by atoms with van der Waals surface area (Å²) in [6, 6.07) is 39.4. The molecule has 0 spiro atoms. The van der Waals surface area contributed by atoms with E-state index in [9.17, 15) is 0 Å².